The molecule has 2 fully saturated rings. The molecule has 1 aromatic heterocycles. The summed E-state index contributed by atoms with van der Waals surface area (Å²) in [5.74, 6) is 1.42. The monoisotopic (exact) mass is 358 g/mol. The van der Waals surface area contributed by atoms with Crippen molar-refractivity contribution in [1.29, 1.82) is 0 Å². The minimum absolute atomic E-state index is 0.0262. The molecule has 0 unspecified atom stereocenters. The molecule has 3 atom stereocenters. The second-order valence-electron chi connectivity index (χ2n) is 7.93. The van der Waals surface area contributed by atoms with Gasteiger partial charge in [0.05, 0.1) is 23.8 Å². The van der Waals surface area contributed by atoms with Crippen LogP contribution < -0.4 is 5.56 Å². The molecule has 2 aliphatic heterocycles. The molecule has 1 saturated heterocycles. The van der Waals surface area contributed by atoms with Crippen molar-refractivity contribution < 1.29 is 9.59 Å². The summed E-state index contributed by atoms with van der Waals surface area (Å²) in [6.45, 7) is 5.28. The van der Waals surface area contributed by atoms with E-state index in [2.05, 4.69) is 11.9 Å². The average Bonchev–Trinajstić information content (AvgIpc) is 3.37. The molecule has 1 N–H and O–H groups in total. The van der Waals surface area contributed by atoms with E-state index in [1.54, 1.807) is 4.90 Å². The number of aromatic amines is 1. The molecule has 0 radical (unpaired) electrons. The Kier molecular flexibility index (Phi) is 4.32. The molecule has 3 heterocycles. The van der Waals surface area contributed by atoms with Crippen molar-refractivity contribution in [3.63, 3.8) is 0 Å². The summed E-state index contributed by atoms with van der Waals surface area (Å²) in [5.41, 5.74) is 1.19. The number of nitrogens with one attached hydrogen (secondary N) is 1. The number of amides is 2. The fraction of sp³-hybridized carbons (Fsp3) is 0.684. The second kappa shape index (κ2) is 6.52. The summed E-state index contributed by atoms with van der Waals surface area (Å²) in [5, 5.41) is 0. The van der Waals surface area contributed by atoms with Crippen LogP contribution in [0.25, 0.3) is 0 Å². The van der Waals surface area contributed by atoms with E-state index in [4.69, 9.17) is 4.98 Å². The Bertz CT molecular complexity index is 802. The second-order valence-corrected chi connectivity index (χ2v) is 7.93. The summed E-state index contributed by atoms with van der Waals surface area (Å²) >= 11 is 0. The lowest BCUT2D eigenvalue weighted by Crippen LogP contribution is -2.42. The Morgan fingerprint density at radius 3 is 2.69 bits per heavy atom. The van der Waals surface area contributed by atoms with Gasteiger partial charge in [0, 0.05) is 32.4 Å². The number of likely N-dealkylation sites (tertiary alicyclic amines) is 1. The largest absolute Gasteiger partial charge is 0.338 e. The highest BCUT2D eigenvalue weighted by molar-refractivity contribution is 5.82. The molecule has 7 heteroatoms. The molecule has 140 valence electrons. The highest BCUT2D eigenvalue weighted by atomic mass is 16.2. The number of H-pyrrole nitrogens is 1. The third-order valence-corrected chi connectivity index (χ3v) is 6.06. The molecule has 0 aromatic carbocycles. The van der Waals surface area contributed by atoms with E-state index in [1.807, 2.05) is 4.90 Å². The molecule has 2 amide bonds. The lowest BCUT2D eigenvalue weighted by molar-refractivity contribution is -0.137. The molecule has 1 aliphatic carbocycles. The van der Waals surface area contributed by atoms with Crippen molar-refractivity contribution in [1.82, 2.24) is 19.8 Å². The molecular formula is C19H26N4O3. The molecule has 0 spiro atoms. The van der Waals surface area contributed by atoms with Gasteiger partial charge >= 0.3 is 0 Å². The molecule has 26 heavy (non-hydrogen) atoms. The number of carbonyl (C=O) groups is 2. The maximum Gasteiger partial charge on any atom is 0.256 e. The van der Waals surface area contributed by atoms with Crippen LogP contribution in [0.15, 0.2) is 4.79 Å². The topological polar surface area (TPSA) is 86.4 Å². The van der Waals surface area contributed by atoms with Crippen molar-refractivity contribution in [2.24, 2.45) is 11.8 Å². The van der Waals surface area contributed by atoms with Crippen molar-refractivity contribution >= 4 is 11.8 Å². The number of hydrogen-bond acceptors (Lipinski definition) is 4. The summed E-state index contributed by atoms with van der Waals surface area (Å²) in [4.78, 5) is 48.3. The van der Waals surface area contributed by atoms with Gasteiger partial charge in [0.25, 0.3) is 5.56 Å². The van der Waals surface area contributed by atoms with Crippen LogP contribution in [0.1, 0.15) is 62.7 Å². The average molecular weight is 358 g/mol. The molecule has 1 aromatic rings. The minimum atomic E-state index is -0.172. The Hall–Kier alpha value is -2.18. The van der Waals surface area contributed by atoms with Gasteiger partial charge in [-0.05, 0) is 31.6 Å². The summed E-state index contributed by atoms with van der Waals surface area (Å²) < 4.78 is 0. The third-order valence-electron chi connectivity index (χ3n) is 6.06. The van der Waals surface area contributed by atoms with Crippen molar-refractivity contribution in [2.45, 2.75) is 58.5 Å². The van der Waals surface area contributed by atoms with Gasteiger partial charge in [0.2, 0.25) is 11.8 Å². The maximum absolute atomic E-state index is 12.8. The van der Waals surface area contributed by atoms with Gasteiger partial charge < -0.3 is 14.8 Å². The first-order valence-electron chi connectivity index (χ1n) is 9.63. The smallest absolute Gasteiger partial charge is 0.256 e. The van der Waals surface area contributed by atoms with Gasteiger partial charge in [-0.25, -0.2) is 4.98 Å². The number of nitrogens with zero attached hydrogens (tertiary/aromatic N) is 3. The fourth-order valence-electron chi connectivity index (χ4n) is 4.23. The molecule has 3 aliphatic rings. The number of fused-ring (bicyclic) bond motifs is 1. The predicted octanol–water partition coefficient (Wildman–Crippen LogP) is 1.38. The van der Waals surface area contributed by atoms with Gasteiger partial charge in [-0.3, -0.25) is 14.4 Å². The molecular weight excluding hydrogens is 332 g/mol. The molecule has 0 bridgehead atoms. The van der Waals surface area contributed by atoms with E-state index >= 15 is 0 Å². The number of carbonyl (C=O) groups excluding carboxylic acids is 2. The van der Waals surface area contributed by atoms with Crippen LogP contribution in [0.4, 0.5) is 0 Å². The van der Waals surface area contributed by atoms with Crippen LogP contribution in [0.2, 0.25) is 0 Å². The van der Waals surface area contributed by atoms with Crippen LogP contribution in [0.3, 0.4) is 0 Å². The normalized spacial score (nSPS) is 27.8. The summed E-state index contributed by atoms with van der Waals surface area (Å²) in [7, 11) is 0. The predicted molar refractivity (Wildman–Crippen MR) is 95.2 cm³/mol. The summed E-state index contributed by atoms with van der Waals surface area (Å²) in [6, 6.07) is -0.132. The zero-order valence-electron chi connectivity index (χ0n) is 15.5. The Morgan fingerprint density at radius 1 is 1.23 bits per heavy atom. The Balaban J connectivity index is 1.62. The van der Waals surface area contributed by atoms with Gasteiger partial charge in [-0.1, -0.05) is 6.92 Å². The first-order chi connectivity index (χ1) is 12.5. The first kappa shape index (κ1) is 17.2. The quantitative estimate of drug-likeness (QED) is 0.865. The van der Waals surface area contributed by atoms with Crippen LogP contribution in [0.5, 0.6) is 0 Å². The van der Waals surface area contributed by atoms with Crippen LogP contribution in [0, 0.1) is 11.8 Å². The Morgan fingerprint density at radius 2 is 2.00 bits per heavy atom. The maximum atomic E-state index is 12.8. The van der Waals surface area contributed by atoms with E-state index in [0.717, 1.165) is 37.9 Å². The minimum Gasteiger partial charge on any atom is -0.338 e. The van der Waals surface area contributed by atoms with Gasteiger partial charge in [0.15, 0.2) is 0 Å². The number of hydrogen-bond donors (Lipinski definition) is 1. The van der Waals surface area contributed by atoms with Crippen molar-refractivity contribution in [3.05, 3.63) is 27.4 Å². The van der Waals surface area contributed by atoms with Crippen LogP contribution in [-0.4, -0.2) is 44.7 Å². The SMILES string of the molecule is CC(=O)N1CCc2nc([C@@H]3CCCCN3C(=O)[C@@H]3C[C@@H]3C)[nH]c(=O)c2C1. The third kappa shape index (κ3) is 3.04. The lowest BCUT2D eigenvalue weighted by Gasteiger charge is -2.36. The highest BCUT2D eigenvalue weighted by Gasteiger charge is 2.44. The van der Waals surface area contributed by atoms with E-state index < -0.39 is 0 Å². The van der Waals surface area contributed by atoms with E-state index in [-0.39, 0.29) is 29.3 Å². The number of aromatic nitrogens is 2. The zero-order valence-corrected chi connectivity index (χ0v) is 15.5. The summed E-state index contributed by atoms with van der Waals surface area (Å²) in [6.07, 6.45) is 4.44. The van der Waals surface area contributed by atoms with Crippen LogP contribution >= 0.6 is 0 Å². The van der Waals surface area contributed by atoms with Crippen LogP contribution in [-0.2, 0) is 22.6 Å². The number of rotatable bonds is 2. The lowest BCUT2D eigenvalue weighted by atomic mass is 9.99. The van der Waals surface area contributed by atoms with Gasteiger partial charge in [-0.15, -0.1) is 0 Å². The van der Waals surface area contributed by atoms with E-state index in [0.29, 0.717) is 36.8 Å². The van der Waals surface area contributed by atoms with E-state index in [1.165, 1.54) is 6.92 Å². The van der Waals surface area contributed by atoms with E-state index in [9.17, 15) is 14.4 Å². The Labute approximate surface area is 152 Å². The zero-order chi connectivity index (χ0) is 18.4. The van der Waals surface area contributed by atoms with Crippen molar-refractivity contribution in [2.75, 3.05) is 13.1 Å². The standard InChI is InChI=1S/C19H26N4O3/c1-11-9-13(11)19(26)23-7-4-3-5-16(23)17-20-15-6-8-22(12(2)24)10-14(15)18(25)21-17/h11,13,16H,3-10H2,1-2H3,(H,20,21,25)/t11-,13+,16-/m0/s1. The number of piperidine rings is 1. The molecule has 7 nitrogen and oxygen atoms in total. The fourth-order valence-corrected chi connectivity index (χ4v) is 4.23. The molecule has 4 rings (SSSR count). The molecule has 1 saturated carbocycles. The van der Waals surface area contributed by atoms with Crippen molar-refractivity contribution in [3.8, 4) is 0 Å². The first-order valence-corrected chi connectivity index (χ1v) is 9.63. The highest BCUT2D eigenvalue weighted by Crippen LogP contribution is 2.42. The van der Waals surface area contributed by atoms with Gasteiger partial charge in [-0.2, -0.15) is 0 Å². The van der Waals surface area contributed by atoms with Gasteiger partial charge in [0.1, 0.15) is 5.82 Å².